The van der Waals surface area contributed by atoms with Gasteiger partial charge < -0.3 is 19.8 Å². The van der Waals surface area contributed by atoms with Crippen molar-refractivity contribution in [3.8, 4) is 5.75 Å². The molecular formula is C31H25N3O7S2. The van der Waals surface area contributed by atoms with Gasteiger partial charge in [0.1, 0.15) is 11.0 Å². The van der Waals surface area contributed by atoms with Crippen molar-refractivity contribution in [3.05, 3.63) is 105 Å². The molecule has 2 aliphatic rings. The third kappa shape index (κ3) is 5.58. The van der Waals surface area contributed by atoms with E-state index in [1.165, 1.54) is 23.9 Å². The van der Waals surface area contributed by atoms with Crippen LogP contribution in [0.25, 0.3) is 0 Å². The van der Waals surface area contributed by atoms with E-state index < -0.39 is 34.9 Å². The molecule has 43 heavy (non-hydrogen) atoms. The van der Waals surface area contributed by atoms with Gasteiger partial charge in [-0.3, -0.25) is 19.2 Å². The number of imide groups is 1. The first kappa shape index (κ1) is 28.4. The van der Waals surface area contributed by atoms with E-state index in [4.69, 9.17) is 9.47 Å². The summed E-state index contributed by atoms with van der Waals surface area (Å²) >= 11 is 2.18. The average molecular weight is 616 g/mol. The summed E-state index contributed by atoms with van der Waals surface area (Å²) in [5.74, 6) is -2.63. The number of esters is 1. The van der Waals surface area contributed by atoms with Crippen molar-refractivity contribution in [1.82, 2.24) is 4.98 Å². The molecule has 0 saturated carbocycles. The molecule has 4 aromatic rings. The topological polar surface area (TPSA) is 135 Å². The lowest BCUT2D eigenvalue weighted by Gasteiger charge is -2.30. The molecule has 3 unspecified atom stereocenters. The van der Waals surface area contributed by atoms with Crippen LogP contribution in [-0.2, 0) is 19.1 Å². The van der Waals surface area contributed by atoms with Crippen molar-refractivity contribution < 1.29 is 28.7 Å². The number of thioether (sulfide) groups is 1. The second-order valence-electron chi connectivity index (χ2n) is 9.80. The van der Waals surface area contributed by atoms with Crippen molar-refractivity contribution >= 4 is 58.2 Å². The summed E-state index contributed by atoms with van der Waals surface area (Å²) in [6.07, 6.45) is 0. The second-order valence-corrected chi connectivity index (χ2v) is 12.0. The Morgan fingerprint density at radius 1 is 0.953 bits per heavy atom. The van der Waals surface area contributed by atoms with Gasteiger partial charge in [-0.2, -0.15) is 0 Å². The molecule has 0 radical (unpaired) electrons. The highest BCUT2D eigenvalue weighted by Gasteiger charge is 2.56. The van der Waals surface area contributed by atoms with Crippen LogP contribution in [0.3, 0.4) is 0 Å². The largest absolute Gasteiger partial charge is 0.484 e. The SMILES string of the molecule is CCOC(=O)c1ccc(N2C(=O)C3Sc4[nH]c(=O)sc4C(c4cccc(OCC(=O)Nc5ccccc5)c4)C3C2=O)cc1. The number of nitrogens with zero attached hydrogens (tertiary/aromatic N) is 1. The third-order valence-electron chi connectivity index (χ3n) is 7.11. The number of ether oxygens (including phenoxy) is 2. The number of aromatic nitrogens is 1. The van der Waals surface area contributed by atoms with Gasteiger partial charge in [0.2, 0.25) is 11.8 Å². The quantitative estimate of drug-likeness (QED) is 0.220. The highest BCUT2D eigenvalue weighted by molar-refractivity contribution is 8.00. The minimum atomic E-state index is -0.794. The van der Waals surface area contributed by atoms with Crippen LogP contribution in [0.1, 0.15) is 33.6 Å². The number of aromatic amines is 1. The van der Waals surface area contributed by atoms with Crippen LogP contribution < -0.4 is 19.8 Å². The minimum Gasteiger partial charge on any atom is -0.484 e. The lowest BCUT2D eigenvalue weighted by Crippen LogP contribution is -2.32. The molecular weight excluding hydrogens is 590 g/mol. The standard InChI is InChI=1S/C31H25N3O7S2/c1-2-40-30(38)17-11-13-20(14-12-17)34-28(36)24-23(25-27(33-31(39)43-25)42-26(24)29(34)37)18-7-6-10-21(15-18)41-16-22(35)32-19-8-4-3-5-9-19/h3-15,23-24,26H,2,16H2,1H3,(H,32,35)(H,33,39). The Kier molecular flexibility index (Phi) is 7.87. The number of carbonyl (C=O) groups excluding carboxylic acids is 4. The molecule has 0 aliphatic carbocycles. The molecule has 10 nitrogen and oxygen atoms in total. The molecule has 0 spiro atoms. The van der Waals surface area contributed by atoms with Crippen molar-refractivity contribution in [1.29, 1.82) is 0 Å². The number of rotatable bonds is 8. The lowest BCUT2D eigenvalue weighted by atomic mass is 9.83. The molecule has 3 aromatic carbocycles. The Morgan fingerprint density at radius 3 is 2.47 bits per heavy atom. The number of benzene rings is 3. The zero-order valence-corrected chi connectivity index (χ0v) is 24.4. The number of hydrogen-bond acceptors (Lipinski definition) is 9. The molecule has 2 N–H and O–H groups in total. The number of nitrogens with one attached hydrogen (secondary N) is 2. The van der Waals surface area contributed by atoms with Crippen molar-refractivity contribution in [2.24, 2.45) is 5.92 Å². The number of amides is 3. The molecule has 2 aliphatic heterocycles. The number of carbonyl (C=O) groups is 4. The van der Waals surface area contributed by atoms with E-state index in [9.17, 15) is 24.0 Å². The van der Waals surface area contributed by atoms with E-state index >= 15 is 0 Å². The maximum atomic E-state index is 14.0. The van der Waals surface area contributed by atoms with Gasteiger partial charge in [-0.1, -0.05) is 53.4 Å². The summed E-state index contributed by atoms with van der Waals surface area (Å²) < 4.78 is 10.8. The van der Waals surface area contributed by atoms with E-state index in [2.05, 4.69) is 10.3 Å². The normalized spacial score (nSPS) is 19.0. The average Bonchev–Trinajstić information content (AvgIpc) is 3.50. The molecule has 218 valence electrons. The summed E-state index contributed by atoms with van der Waals surface area (Å²) in [7, 11) is 0. The van der Waals surface area contributed by atoms with Crippen LogP contribution in [0.4, 0.5) is 11.4 Å². The smallest absolute Gasteiger partial charge is 0.338 e. The predicted molar refractivity (Wildman–Crippen MR) is 162 cm³/mol. The van der Waals surface area contributed by atoms with Crippen LogP contribution in [-0.4, -0.2) is 47.1 Å². The van der Waals surface area contributed by atoms with Crippen molar-refractivity contribution in [2.75, 3.05) is 23.4 Å². The van der Waals surface area contributed by atoms with E-state index in [1.54, 1.807) is 49.4 Å². The molecule has 3 heterocycles. The Morgan fingerprint density at radius 2 is 1.72 bits per heavy atom. The monoisotopic (exact) mass is 615 g/mol. The van der Waals surface area contributed by atoms with E-state index in [-0.39, 0.29) is 24.0 Å². The van der Waals surface area contributed by atoms with Gasteiger partial charge in [-0.05, 0) is 61.0 Å². The van der Waals surface area contributed by atoms with Gasteiger partial charge in [-0.25, -0.2) is 9.69 Å². The molecule has 3 atom stereocenters. The predicted octanol–water partition coefficient (Wildman–Crippen LogP) is 4.43. The van der Waals surface area contributed by atoms with E-state index in [0.29, 0.717) is 38.2 Å². The minimum absolute atomic E-state index is 0.227. The number of anilines is 2. The molecule has 3 amide bonds. The van der Waals surface area contributed by atoms with Crippen molar-refractivity contribution in [2.45, 2.75) is 23.1 Å². The Hall–Kier alpha value is -4.68. The van der Waals surface area contributed by atoms with Crippen molar-refractivity contribution in [3.63, 3.8) is 0 Å². The molecule has 0 bridgehead atoms. The fourth-order valence-electron chi connectivity index (χ4n) is 5.26. The number of fused-ring (bicyclic) bond motifs is 2. The first-order valence-corrected chi connectivity index (χ1v) is 15.2. The molecule has 1 aromatic heterocycles. The van der Waals surface area contributed by atoms with Crippen LogP contribution in [0.2, 0.25) is 0 Å². The molecule has 6 rings (SSSR count). The first-order chi connectivity index (χ1) is 20.8. The Balaban J connectivity index is 1.28. The summed E-state index contributed by atoms with van der Waals surface area (Å²) in [5, 5.41) is 2.54. The van der Waals surface area contributed by atoms with Gasteiger partial charge in [0.25, 0.3) is 5.91 Å². The fraction of sp³-hybridized carbons (Fsp3) is 0.194. The molecule has 12 heteroatoms. The van der Waals surface area contributed by atoms with Gasteiger partial charge in [0.05, 0.1) is 28.8 Å². The van der Waals surface area contributed by atoms with Crippen LogP contribution in [0.15, 0.2) is 88.7 Å². The van der Waals surface area contributed by atoms with Gasteiger partial charge in [-0.15, -0.1) is 0 Å². The summed E-state index contributed by atoms with van der Waals surface area (Å²) in [5.41, 5.74) is 1.97. The second kappa shape index (κ2) is 11.9. The highest BCUT2D eigenvalue weighted by atomic mass is 32.2. The maximum Gasteiger partial charge on any atom is 0.338 e. The van der Waals surface area contributed by atoms with E-state index in [0.717, 1.165) is 16.2 Å². The summed E-state index contributed by atoms with van der Waals surface area (Å²) in [4.78, 5) is 68.9. The molecule has 1 fully saturated rings. The Labute approximate surface area is 254 Å². The number of thiazole rings is 1. The lowest BCUT2D eigenvalue weighted by molar-refractivity contribution is -0.122. The highest BCUT2D eigenvalue weighted by Crippen LogP contribution is 2.53. The fourth-order valence-corrected chi connectivity index (χ4v) is 7.77. The maximum absolute atomic E-state index is 14.0. The number of hydrogen-bond donors (Lipinski definition) is 2. The number of para-hydroxylation sites is 1. The third-order valence-corrected chi connectivity index (χ3v) is 9.51. The number of H-pyrrole nitrogens is 1. The zero-order valence-electron chi connectivity index (χ0n) is 22.8. The van der Waals surface area contributed by atoms with Gasteiger partial charge >= 0.3 is 10.8 Å². The molecule has 1 saturated heterocycles. The summed E-state index contributed by atoms with van der Waals surface area (Å²) in [6.45, 7) is 1.70. The van der Waals surface area contributed by atoms with E-state index in [1.807, 2.05) is 24.3 Å². The van der Waals surface area contributed by atoms with Gasteiger partial charge in [0, 0.05) is 16.5 Å². The Bertz CT molecular complexity index is 1770. The van der Waals surface area contributed by atoms with Crippen LogP contribution in [0.5, 0.6) is 5.75 Å². The summed E-state index contributed by atoms with van der Waals surface area (Å²) in [6, 6.07) is 22.1. The van der Waals surface area contributed by atoms with Gasteiger partial charge in [0.15, 0.2) is 6.61 Å². The van der Waals surface area contributed by atoms with Crippen LogP contribution >= 0.6 is 23.1 Å². The zero-order chi connectivity index (χ0) is 30.1. The first-order valence-electron chi connectivity index (χ1n) is 13.5. The van der Waals surface area contributed by atoms with Crippen LogP contribution in [0, 0.1) is 5.92 Å².